The Labute approximate surface area is 171 Å². The molecule has 0 atom stereocenters. The Morgan fingerprint density at radius 2 is 1.69 bits per heavy atom. The minimum atomic E-state index is -0.448. The molecular formula is C22H28N4O3. The topological polar surface area (TPSA) is 73.9 Å². The smallest absolute Gasteiger partial charge is 0.340 e. The normalized spacial score (nSPS) is 14.3. The van der Waals surface area contributed by atoms with Gasteiger partial charge in [0.15, 0.2) is 0 Å². The zero-order valence-electron chi connectivity index (χ0n) is 17.0. The minimum Gasteiger partial charge on any atom is -0.462 e. The molecule has 1 fully saturated rings. The Hall–Kier alpha value is -3.06. The maximum Gasteiger partial charge on any atom is 0.340 e. The van der Waals surface area contributed by atoms with E-state index in [0.717, 1.165) is 31.9 Å². The van der Waals surface area contributed by atoms with Gasteiger partial charge in [0.05, 0.1) is 24.4 Å². The summed E-state index contributed by atoms with van der Waals surface area (Å²) in [6.45, 7) is 6.30. The second-order valence-corrected chi connectivity index (χ2v) is 7.00. The largest absolute Gasteiger partial charge is 0.462 e. The summed E-state index contributed by atoms with van der Waals surface area (Å²) in [5, 5.41) is 5.89. The van der Waals surface area contributed by atoms with Crippen LogP contribution in [0.25, 0.3) is 0 Å². The van der Waals surface area contributed by atoms with Crippen LogP contribution in [0.2, 0.25) is 0 Å². The Kier molecular flexibility index (Phi) is 7.08. The second kappa shape index (κ2) is 9.93. The van der Waals surface area contributed by atoms with E-state index in [1.165, 1.54) is 5.69 Å². The van der Waals surface area contributed by atoms with Crippen LogP contribution in [0.1, 0.15) is 17.3 Å². The van der Waals surface area contributed by atoms with E-state index in [9.17, 15) is 9.59 Å². The molecule has 1 amide bonds. The third kappa shape index (κ3) is 5.71. The van der Waals surface area contributed by atoms with Crippen molar-refractivity contribution >= 4 is 28.9 Å². The molecule has 0 saturated carbocycles. The van der Waals surface area contributed by atoms with Gasteiger partial charge in [-0.05, 0) is 50.4 Å². The molecule has 0 radical (unpaired) electrons. The van der Waals surface area contributed by atoms with E-state index < -0.39 is 5.97 Å². The number of hydrogen-bond donors (Lipinski definition) is 2. The molecule has 0 unspecified atom stereocenters. The predicted octanol–water partition coefficient (Wildman–Crippen LogP) is 2.67. The number of esters is 1. The molecule has 2 aromatic rings. The van der Waals surface area contributed by atoms with Crippen molar-refractivity contribution in [1.82, 2.24) is 4.90 Å². The highest BCUT2D eigenvalue weighted by Crippen LogP contribution is 2.20. The second-order valence-electron chi connectivity index (χ2n) is 7.00. The van der Waals surface area contributed by atoms with Crippen molar-refractivity contribution in [3.05, 3.63) is 54.1 Å². The van der Waals surface area contributed by atoms with Gasteiger partial charge in [-0.25, -0.2) is 4.79 Å². The first kappa shape index (κ1) is 20.7. The van der Waals surface area contributed by atoms with Crippen LogP contribution in [0.4, 0.5) is 17.1 Å². The molecule has 2 aromatic carbocycles. The van der Waals surface area contributed by atoms with Crippen LogP contribution in [0.15, 0.2) is 48.5 Å². The lowest BCUT2D eigenvalue weighted by atomic mass is 10.2. The Bertz CT molecular complexity index is 830. The number of benzene rings is 2. The number of hydrogen-bond acceptors (Lipinski definition) is 6. The molecule has 1 heterocycles. The van der Waals surface area contributed by atoms with Gasteiger partial charge in [0.1, 0.15) is 0 Å². The highest BCUT2D eigenvalue weighted by molar-refractivity contribution is 6.02. The molecule has 0 bridgehead atoms. The van der Waals surface area contributed by atoms with E-state index in [-0.39, 0.29) is 19.1 Å². The Balaban J connectivity index is 1.53. The summed E-state index contributed by atoms with van der Waals surface area (Å²) < 4.78 is 5.03. The number of nitrogens with one attached hydrogen (secondary N) is 2. The lowest BCUT2D eigenvalue weighted by Crippen LogP contribution is -2.44. The molecule has 3 rings (SSSR count). The summed E-state index contributed by atoms with van der Waals surface area (Å²) >= 11 is 0. The van der Waals surface area contributed by atoms with Crippen LogP contribution in [0.5, 0.6) is 0 Å². The lowest BCUT2D eigenvalue weighted by Gasteiger charge is -2.34. The van der Waals surface area contributed by atoms with Crippen LogP contribution in [-0.2, 0) is 9.53 Å². The van der Waals surface area contributed by atoms with Crippen LogP contribution in [0, 0.1) is 0 Å². The van der Waals surface area contributed by atoms with E-state index in [1.54, 1.807) is 31.2 Å². The fourth-order valence-corrected chi connectivity index (χ4v) is 3.21. The van der Waals surface area contributed by atoms with Gasteiger partial charge in [-0.3, -0.25) is 4.79 Å². The molecule has 0 aromatic heterocycles. The van der Waals surface area contributed by atoms with Gasteiger partial charge >= 0.3 is 5.97 Å². The number of para-hydroxylation sites is 1. The molecular weight excluding hydrogens is 368 g/mol. The average molecular weight is 396 g/mol. The first-order valence-corrected chi connectivity index (χ1v) is 9.90. The molecule has 1 aliphatic rings. The molecule has 154 valence electrons. The van der Waals surface area contributed by atoms with Crippen molar-refractivity contribution in [3.63, 3.8) is 0 Å². The zero-order valence-corrected chi connectivity index (χ0v) is 17.0. The number of piperazine rings is 1. The minimum absolute atomic E-state index is 0.102. The summed E-state index contributed by atoms with van der Waals surface area (Å²) in [6.07, 6.45) is 0. The first-order chi connectivity index (χ1) is 14.1. The van der Waals surface area contributed by atoms with E-state index in [0.29, 0.717) is 11.3 Å². The quantitative estimate of drug-likeness (QED) is 0.701. The van der Waals surface area contributed by atoms with Crippen LogP contribution in [-0.4, -0.2) is 63.2 Å². The molecule has 1 aliphatic heterocycles. The summed E-state index contributed by atoms with van der Waals surface area (Å²) in [6, 6.07) is 14.9. The molecule has 29 heavy (non-hydrogen) atoms. The van der Waals surface area contributed by atoms with Crippen molar-refractivity contribution in [1.29, 1.82) is 0 Å². The van der Waals surface area contributed by atoms with Crippen molar-refractivity contribution in [3.8, 4) is 0 Å². The highest BCUT2D eigenvalue weighted by Gasteiger charge is 2.15. The van der Waals surface area contributed by atoms with E-state index in [1.807, 2.05) is 12.1 Å². The summed E-state index contributed by atoms with van der Waals surface area (Å²) in [5.41, 5.74) is 2.86. The SMILES string of the molecule is CCOC(=O)c1ccccc1NC(=O)CNc1ccc(N2CCN(C)CC2)cc1. The van der Waals surface area contributed by atoms with Crippen molar-refractivity contribution < 1.29 is 14.3 Å². The van der Waals surface area contributed by atoms with Crippen LogP contribution >= 0.6 is 0 Å². The number of anilines is 3. The Morgan fingerprint density at radius 1 is 1.00 bits per heavy atom. The fraction of sp³-hybridized carbons (Fsp3) is 0.364. The maximum atomic E-state index is 12.3. The maximum absolute atomic E-state index is 12.3. The van der Waals surface area contributed by atoms with E-state index in [4.69, 9.17) is 4.74 Å². The number of carbonyl (C=O) groups excluding carboxylic acids is 2. The molecule has 1 saturated heterocycles. The molecule has 7 nitrogen and oxygen atoms in total. The van der Waals surface area contributed by atoms with E-state index in [2.05, 4.69) is 39.6 Å². The fourth-order valence-electron chi connectivity index (χ4n) is 3.21. The number of carbonyl (C=O) groups is 2. The van der Waals surface area contributed by atoms with Gasteiger partial charge in [-0.2, -0.15) is 0 Å². The monoisotopic (exact) mass is 396 g/mol. The van der Waals surface area contributed by atoms with Gasteiger partial charge in [-0.15, -0.1) is 0 Å². The van der Waals surface area contributed by atoms with Crippen molar-refractivity contribution in [2.75, 3.05) is 61.9 Å². The molecule has 7 heteroatoms. The predicted molar refractivity (Wildman–Crippen MR) is 116 cm³/mol. The lowest BCUT2D eigenvalue weighted by molar-refractivity contribution is -0.114. The van der Waals surface area contributed by atoms with Crippen LogP contribution < -0.4 is 15.5 Å². The van der Waals surface area contributed by atoms with Crippen molar-refractivity contribution in [2.45, 2.75) is 6.92 Å². The standard InChI is InChI=1S/C22H28N4O3/c1-3-29-22(28)19-6-4-5-7-20(19)24-21(27)16-23-17-8-10-18(11-9-17)26-14-12-25(2)13-15-26/h4-11,23H,3,12-16H2,1-2H3,(H,24,27). The molecule has 0 aliphatic carbocycles. The highest BCUT2D eigenvalue weighted by atomic mass is 16.5. The number of nitrogens with zero attached hydrogens (tertiary/aromatic N) is 2. The van der Waals surface area contributed by atoms with E-state index >= 15 is 0 Å². The van der Waals surface area contributed by atoms with Gasteiger partial charge in [-0.1, -0.05) is 12.1 Å². The summed E-state index contributed by atoms with van der Waals surface area (Å²) in [5.74, 6) is -0.680. The number of ether oxygens (including phenoxy) is 1. The number of likely N-dealkylation sites (N-methyl/N-ethyl adjacent to an activating group) is 1. The molecule has 0 spiro atoms. The zero-order chi connectivity index (χ0) is 20.6. The Morgan fingerprint density at radius 3 is 2.38 bits per heavy atom. The van der Waals surface area contributed by atoms with Gasteiger partial charge in [0.25, 0.3) is 0 Å². The third-order valence-corrected chi connectivity index (χ3v) is 4.89. The van der Waals surface area contributed by atoms with Crippen LogP contribution in [0.3, 0.4) is 0 Å². The first-order valence-electron chi connectivity index (χ1n) is 9.90. The number of amides is 1. The van der Waals surface area contributed by atoms with Crippen molar-refractivity contribution in [2.24, 2.45) is 0 Å². The summed E-state index contributed by atoms with van der Waals surface area (Å²) in [7, 11) is 2.14. The number of rotatable bonds is 7. The van der Waals surface area contributed by atoms with Gasteiger partial charge in [0, 0.05) is 37.6 Å². The summed E-state index contributed by atoms with van der Waals surface area (Å²) in [4.78, 5) is 29.0. The average Bonchev–Trinajstić information content (AvgIpc) is 2.74. The van der Waals surface area contributed by atoms with Gasteiger partial charge in [0.2, 0.25) is 5.91 Å². The third-order valence-electron chi connectivity index (χ3n) is 4.89. The molecule has 2 N–H and O–H groups in total. The van der Waals surface area contributed by atoms with Gasteiger partial charge < -0.3 is 25.2 Å².